The molecule has 3 heterocycles. The third-order valence-corrected chi connectivity index (χ3v) is 6.55. The maximum atomic E-state index is 13.2. The second-order valence-electron chi connectivity index (χ2n) is 6.78. The first-order chi connectivity index (χ1) is 12.4. The van der Waals surface area contributed by atoms with E-state index >= 15 is 0 Å². The molecule has 2 amide bonds. The Kier molecular flexibility index (Phi) is 4.16. The number of hydrogen-bond donors (Lipinski definition) is 0. The van der Waals surface area contributed by atoms with Crippen molar-refractivity contribution < 1.29 is 9.59 Å². The van der Waals surface area contributed by atoms with Gasteiger partial charge in [-0.2, -0.15) is 5.10 Å². The van der Waals surface area contributed by atoms with Crippen LogP contribution in [0.3, 0.4) is 0 Å². The van der Waals surface area contributed by atoms with E-state index in [0.29, 0.717) is 28.8 Å². The van der Waals surface area contributed by atoms with Gasteiger partial charge in [0.15, 0.2) is 0 Å². The number of carbonyl (C=O) groups is 2. The van der Waals surface area contributed by atoms with Crippen molar-refractivity contribution in [2.75, 3.05) is 19.6 Å². The fourth-order valence-corrected chi connectivity index (χ4v) is 4.85. The molecular weight excluding hydrogens is 372 g/mol. The molecule has 1 spiro atoms. The van der Waals surface area contributed by atoms with Crippen LogP contribution in [0.25, 0.3) is 11.3 Å². The molecule has 0 N–H and O–H groups in total. The first kappa shape index (κ1) is 17.3. The topological polar surface area (TPSA) is 58.4 Å². The van der Waals surface area contributed by atoms with E-state index in [-0.39, 0.29) is 17.4 Å². The largest absolute Gasteiger partial charge is 0.335 e. The Morgan fingerprint density at radius 1 is 1.38 bits per heavy atom. The summed E-state index contributed by atoms with van der Waals surface area (Å²) in [5.41, 5.74) is 1.48. The van der Waals surface area contributed by atoms with Crippen LogP contribution < -0.4 is 0 Å². The van der Waals surface area contributed by atoms with E-state index in [9.17, 15) is 9.59 Å². The summed E-state index contributed by atoms with van der Waals surface area (Å²) >= 11 is 7.70. The van der Waals surface area contributed by atoms with Crippen LogP contribution in [0.1, 0.15) is 22.5 Å². The highest BCUT2D eigenvalue weighted by atomic mass is 35.5. The van der Waals surface area contributed by atoms with Crippen LogP contribution in [0.5, 0.6) is 0 Å². The first-order valence-corrected chi connectivity index (χ1v) is 9.66. The van der Waals surface area contributed by atoms with E-state index < -0.39 is 0 Å². The Labute approximate surface area is 160 Å². The number of carbonyl (C=O) groups excluding carboxylic acids is 2. The summed E-state index contributed by atoms with van der Waals surface area (Å²) in [6.45, 7) is 5.21. The predicted molar refractivity (Wildman–Crippen MR) is 101 cm³/mol. The van der Waals surface area contributed by atoms with Crippen LogP contribution in [0.2, 0.25) is 4.34 Å². The standard InChI is InChI=1S/C18H19ClN4O2S/c1-3-15(24)22-8-9-23(18(11-22)5-6-18)17(25)14-10-12(16(19)26-14)13-4-7-20-21(13)2/h3-4,7,10H,1,5-6,8-9,11H2,2H3. The summed E-state index contributed by atoms with van der Waals surface area (Å²) in [5, 5.41) is 4.17. The molecule has 2 aromatic rings. The van der Waals surface area contributed by atoms with Gasteiger partial charge in [-0.1, -0.05) is 18.2 Å². The number of aryl methyl sites for hydroxylation is 1. The second-order valence-corrected chi connectivity index (χ2v) is 8.44. The van der Waals surface area contributed by atoms with Crippen molar-refractivity contribution in [2.45, 2.75) is 18.4 Å². The maximum Gasteiger partial charge on any atom is 0.264 e. The summed E-state index contributed by atoms with van der Waals surface area (Å²) in [5.74, 6) is -0.0745. The molecule has 2 aromatic heterocycles. The summed E-state index contributed by atoms with van der Waals surface area (Å²) in [4.78, 5) is 29.4. The Balaban J connectivity index is 1.58. The highest BCUT2D eigenvalue weighted by Crippen LogP contribution is 2.46. The van der Waals surface area contributed by atoms with Crippen LogP contribution in [0.4, 0.5) is 0 Å². The van der Waals surface area contributed by atoms with Gasteiger partial charge in [0.05, 0.1) is 16.1 Å². The smallest absolute Gasteiger partial charge is 0.264 e. The van der Waals surface area contributed by atoms with Crippen molar-refractivity contribution in [1.29, 1.82) is 0 Å². The zero-order chi connectivity index (χ0) is 18.5. The van der Waals surface area contributed by atoms with Crippen LogP contribution in [0, 0.1) is 0 Å². The Morgan fingerprint density at radius 2 is 2.15 bits per heavy atom. The third kappa shape index (κ3) is 2.75. The van der Waals surface area contributed by atoms with Gasteiger partial charge in [-0.15, -0.1) is 11.3 Å². The summed E-state index contributed by atoms with van der Waals surface area (Å²) in [6, 6.07) is 3.73. The molecule has 1 saturated heterocycles. The van der Waals surface area contributed by atoms with Crippen LogP contribution in [-0.2, 0) is 11.8 Å². The Hall–Kier alpha value is -2.12. The molecule has 1 aliphatic carbocycles. The molecule has 0 radical (unpaired) electrons. The lowest BCUT2D eigenvalue weighted by molar-refractivity contribution is -0.129. The van der Waals surface area contributed by atoms with Crippen LogP contribution in [0.15, 0.2) is 31.0 Å². The molecule has 1 saturated carbocycles. The SMILES string of the molecule is C=CC(=O)N1CCN(C(=O)c2cc(-c3ccnn3C)c(Cl)s2)C2(CC2)C1. The van der Waals surface area contributed by atoms with Crippen molar-refractivity contribution in [1.82, 2.24) is 19.6 Å². The number of halogens is 1. The predicted octanol–water partition coefficient (Wildman–Crippen LogP) is 2.81. The molecule has 4 rings (SSSR count). The van der Waals surface area contributed by atoms with Gasteiger partial charge >= 0.3 is 0 Å². The molecular formula is C18H19ClN4O2S. The van der Waals surface area contributed by atoms with Crippen LogP contribution >= 0.6 is 22.9 Å². The van der Waals surface area contributed by atoms with E-state index in [1.54, 1.807) is 15.8 Å². The fraction of sp³-hybridized carbons (Fsp3) is 0.389. The minimum atomic E-state index is -0.225. The molecule has 2 fully saturated rings. The van der Waals surface area contributed by atoms with Gasteiger partial charge in [-0.3, -0.25) is 14.3 Å². The lowest BCUT2D eigenvalue weighted by atomic mass is 10.1. The zero-order valence-electron chi connectivity index (χ0n) is 14.4. The van der Waals surface area contributed by atoms with Gasteiger partial charge in [-0.05, 0) is 31.1 Å². The van der Waals surface area contributed by atoms with Gasteiger partial charge in [-0.25, -0.2) is 0 Å². The van der Waals surface area contributed by atoms with Gasteiger partial charge in [0.2, 0.25) is 5.91 Å². The number of nitrogens with zero attached hydrogens (tertiary/aromatic N) is 4. The quantitative estimate of drug-likeness (QED) is 0.757. The number of aromatic nitrogens is 2. The highest BCUT2D eigenvalue weighted by molar-refractivity contribution is 7.18. The molecule has 0 bridgehead atoms. The molecule has 26 heavy (non-hydrogen) atoms. The number of rotatable bonds is 3. The molecule has 2 aliphatic rings. The summed E-state index contributed by atoms with van der Waals surface area (Å²) < 4.78 is 2.33. The molecule has 0 aromatic carbocycles. The fourth-order valence-electron chi connectivity index (χ4n) is 3.60. The van der Waals surface area contributed by atoms with Gasteiger partial charge < -0.3 is 9.80 Å². The monoisotopic (exact) mass is 390 g/mol. The van der Waals surface area contributed by atoms with Gasteiger partial charge in [0.25, 0.3) is 5.91 Å². The molecule has 0 atom stereocenters. The Bertz CT molecular complexity index is 899. The number of piperazine rings is 1. The van der Waals surface area contributed by atoms with Crippen LogP contribution in [-0.4, -0.2) is 56.6 Å². The zero-order valence-corrected chi connectivity index (χ0v) is 16.0. The van der Waals surface area contributed by atoms with Crippen molar-refractivity contribution >= 4 is 34.8 Å². The van der Waals surface area contributed by atoms with E-state index in [1.165, 1.54) is 17.4 Å². The minimum Gasteiger partial charge on any atom is -0.335 e. The Morgan fingerprint density at radius 3 is 2.77 bits per heavy atom. The second kappa shape index (κ2) is 6.25. The van der Waals surface area contributed by atoms with E-state index in [4.69, 9.17) is 11.6 Å². The number of hydrogen-bond acceptors (Lipinski definition) is 4. The molecule has 6 nitrogen and oxygen atoms in total. The minimum absolute atomic E-state index is 0.00600. The van der Waals surface area contributed by atoms with Crippen molar-refractivity contribution in [3.05, 3.63) is 40.2 Å². The van der Waals surface area contributed by atoms with Crippen molar-refractivity contribution in [3.63, 3.8) is 0 Å². The first-order valence-electron chi connectivity index (χ1n) is 8.46. The van der Waals surface area contributed by atoms with Crippen molar-refractivity contribution in [3.8, 4) is 11.3 Å². The van der Waals surface area contributed by atoms with Gasteiger partial charge in [0.1, 0.15) is 4.34 Å². The molecule has 1 aliphatic heterocycles. The normalized spacial score (nSPS) is 18.2. The van der Waals surface area contributed by atoms with E-state index in [2.05, 4.69) is 11.7 Å². The maximum absolute atomic E-state index is 13.2. The summed E-state index contributed by atoms with van der Waals surface area (Å²) in [7, 11) is 1.85. The molecule has 8 heteroatoms. The number of thiophene rings is 1. The third-order valence-electron chi connectivity index (χ3n) is 5.20. The lowest BCUT2D eigenvalue weighted by Gasteiger charge is -2.41. The average molecular weight is 391 g/mol. The van der Waals surface area contributed by atoms with E-state index in [1.807, 2.05) is 24.1 Å². The average Bonchev–Trinajstić information content (AvgIpc) is 3.08. The summed E-state index contributed by atoms with van der Waals surface area (Å²) in [6.07, 6.45) is 4.90. The molecule has 136 valence electrons. The number of amides is 2. The molecule has 0 unspecified atom stereocenters. The van der Waals surface area contributed by atoms with Crippen molar-refractivity contribution in [2.24, 2.45) is 7.05 Å². The van der Waals surface area contributed by atoms with Gasteiger partial charge in [0, 0.05) is 38.4 Å². The van der Waals surface area contributed by atoms with E-state index in [0.717, 1.165) is 24.1 Å². The lowest BCUT2D eigenvalue weighted by Crippen LogP contribution is -2.57. The highest BCUT2D eigenvalue weighted by Gasteiger charge is 2.54.